The Hall–Kier alpha value is -1.11. The molecule has 1 N–H and O–H groups in total. The van der Waals surface area contributed by atoms with Crippen LogP contribution in [-0.4, -0.2) is 17.1 Å². The van der Waals surface area contributed by atoms with Crippen molar-refractivity contribution in [2.45, 2.75) is 43.3 Å². The number of rotatable bonds is 1. The highest BCUT2D eigenvalue weighted by atomic mass is 35.5. The van der Waals surface area contributed by atoms with Gasteiger partial charge < -0.3 is 10.2 Å². The van der Waals surface area contributed by atoms with Gasteiger partial charge in [-0.1, -0.05) is 11.6 Å². The Morgan fingerprint density at radius 1 is 1.35 bits per heavy atom. The predicted octanol–water partition coefficient (Wildman–Crippen LogP) is 2.76. The van der Waals surface area contributed by atoms with Gasteiger partial charge in [0.25, 0.3) is 5.54 Å². The van der Waals surface area contributed by atoms with Crippen molar-refractivity contribution in [2.75, 3.05) is 0 Å². The molecule has 4 heteroatoms. The van der Waals surface area contributed by atoms with E-state index in [4.69, 9.17) is 18.2 Å². The summed E-state index contributed by atoms with van der Waals surface area (Å²) in [5.41, 5.74) is 0.577. The van der Waals surface area contributed by atoms with Crippen LogP contribution in [-0.2, 0) is 5.54 Å². The fourth-order valence-electron chi connectivity index (χ4n) is 3.18. The van der Waals surface area contributed by atoms with Crippen LogP contribution in [0.1, 0.15) is 31.2 Å². The third-order valence-corrected chi connectivity index (χ3v) is 4.17. The summed E-state index contributed by atoms with van der Waals surface area (Å²) in [4.78, 5) is 8.07. The maximum absolute atomic E-state index is 7.59. The van der Waals surface area contributed by atoms with Gasteiger partial charge in [0.2, 0.25) is 0 Å². The number of halogens is 1. The number of fused-ring (bicyclic) bond motifs is 2. The van der Waals surface area contributed by atoms with Crippen molar-refractivity contribution in [3.63, 3.8) is 0 Å². The van der Waals surface area contributed by atoms with E-state index in [2.05, 4.69) is 15.1 Å². The molecule has 2 aliphatic heterocycles. The number of nitrogens with zero attached hydrogens (tertiary/aromatic N) is 2. The SMILES string of the molecule is [C-]#[N+]C1(c2cncc(Cl)c2)CC2CCC(C1)N2. The zero-order valence-corrected chi connectivity index (χ0v) is 10.2. The fraction of sp³-hybridized carbons (Fsp3) is 0.538. The molecule has 0 aliphatic carbocycles. The molecule has 3 heterocycles. The Morgan fingerprint density at radius 3 is 2.65 bits per heavy atom. The Bertz CT molecular complexity index is 468. The van der Waals surface area contributed by atoms with Crippen LogP contribution in [0.5, 0.6) is 0 Å². The third-order valence-electron chi connectivity index (χ3n) is 3.96. The second kappa shape index (κ2) is 3.97. The fourth-order valence-corrected chi connectivity index (χ4v) is 3.35. The maximum Gasteiger partial charge on any atom is 0.262 e. The number of pyridine rings is 1. The van der Waals surface area contributed by atoms with Crippen LogP contribution in [0, 0.1) is 6.57 Å². The number of piperidine rings is 1. The van der Waals surface area contributed by atoms with Crippen molar-refractivity contribution in [3.8, 4) is 0 Å². The molecular formula is C13H14ClN3. The zero-order valence-electron chi connectivity index (χ0n) is 9.49. The van der Waals surface area contributed by atoms with Crippen molar-refractivity contribution in [3.05, 3.63) is 40.5 Å². The molecule has 2 atom stereocenters. The number of hydrogen-bond acceptors (Lipinski definition) is 2. The summed E-state index contributed by atoms with van der Waals surface area (Å²) >= 11 is 5.99. The molecule has 0 aromatic carbocycles. The molecule has 88 valence electrons. The zero-order chi connectivity index (χ0) is 11.9. The van der Waals surface area contributed by atoms with E-state index < -0.39 is 5.54 Å². The Balaban J connectivity index is 2.00. The van der Waals surface area contributed by atoms with E-state index in [1.54, 1.807) is 12.4 Å². The Labute approximate surface area is 106 Å². The molecule has 0 spiro atoms. The minimum atomic E-state index is -0.408. The van der Waals surface area contributed by atoms with Gasteiger partial charge in [-0.2, -0.15) is 0 Å². The quantitative estimate of drug-likeness (QED) is 0.774. The normalized spacial score (nSPS) is 35.5. The lowest BCUT2D eigenvalue weighted by atomic mass is 9.79. The lowest BCUT2D eigenvalue weighted by Crippen LogP contribution is -2.45. The maximum atomic E-state index is 7.59. The van der Waals surface area contributed by atoms with Gasteiger partial charge in [0.05, 0.1) is 10.6 Å². The molecule has 0 radical (unpaired) electrons. The summed E-state index contributed by atoms with van der Waals surface area (Å²) in [7, 11) is 0. The van der Waals surface area contributed by atoms with Crippen molar-refractivity contribution in [1.29, 1.82) is 0 Å². The number of hydrogen-bond donors (Lipinski definition) is 1. The highest BCUT2D eigenvalue weighted by molar-refractivity contribution is 6.30. The van der Waals surface area contributed by atoms with E-state index in [1.165, 1.54) is 12.8 Å². The molecule has 0 amide bonds. The molecule has 1 aromatic heterocycles. The summed E-state index contributed by atoms with van der Waals surface area (Å²) < 4.78 is 0. The van der Waals surface area contributed by atoms with Gasteiger partial charge in [-0.05, 0) is 18.9 Å². The summed E-state index contributed by atoms with van der Waals surface area (Å²) in [6, 6.07) is 2.88. The van der Waals surface area contributed by atoms with Gasteiger partial charge in [0.1, 0.15) is 0 Å². The van der Waals surface area contributed by atoms with Crippen LogP contribution in [0.3, 0.4) is 0 Å². The van der Waals surface area contributed by atoms with E-state index in [-0.39, 0.29) is 0 Å². The van der Waals surface area contributed by atoms with Crippen LogP contribution in [0.25, 0.3) is 4.85 Å². The predicted molar refractivity (Wildman–Crippen MR) is 66.7 cm³/mol. The molecule has 3 nitrogen and oxygen atoms in total. The highest BCUT2D eigenvalue weighted by Gasteiger charge is 2.50. The minimum Gasteiger partial charge on any atom is -0.311 e. The second-order valence-electron chi connectivity index (χ2n) is 5.08. The number of aromatic nitrogens is 1. The van der Waals surface area contributed by atoms with E-state index in [0.29, 0.717) is 17.1 Å². The monoisotopic (exact) mass is 247 g/mol. The molecular weight excluding hydrogens is 234 g/mol. The van der Waals surface area contributed by atoms with Gasteiger partial charge >= 0.3 is 0 Å². The topological polar surface area (TPSA) is 29.3 Å². The van der Waals surface area contributed by atoms with E-state index in [1.807, 2.05) is 6.07 Å². The van der Waals surface area contributed by atoms with Crippen LogP contribution in [0.2, 0.25) is 5.02 Å². The van der Waals surface area contributed by atoms with Gasteiger partial charge in [-0.15, -0.1) is 0 Å². The Morgan fingerprint density at radius 2 is 2.06 bits per heavy atom. The van der Waals surface area contributed by atoms with Gasteiger partial charge in [0, 0.05) is 37.3 Å². The van der Waals surface area contributed by atoms with Crippen molar-refractivity contribution < 1.29 is 0 Å². The molecule has 3 rings (SSSR count). The van der Waals surface area contributed by atoms with Crippen LogP contribution in [0.4, 0.5) is 0 Å². The number of nitrogens with one attached hydrogen (secondary N) is 1. The van der Waals surface area contributed by atoms with Gasteiger partial charge in [-0.25, -0.2) is 6.57 Å². The Kier molecular flexibility index (Phi) is 2.57. The van der Waals surface area contributed by atoms with Crippen LogP contribution < -0.4 is 5.32 Å². The first kappa shape index (κ1) is 11.0. The average molecular weight is 248 g/mol. The summed E-state index contributed by atoms with van der Waals surface area (Å²) in [6.45, 7) is 7.59. The second-order valence-corrected chi connectivity index (χ2v) is 5.52. The van der Waals surface area contributed by atoms with Gasteiger partial charge in [-0.3, -0.25) is 4.98 Å². The largest absolute Gasteiger partial charge is 0.311 e. The smallest absolute Gasteiger partial charge is 0.262 e. The van der Waals surface area contributed by atoms with E-state index in [9.17, 15) is 0 Å². The van der Waals surface area contributed by atoms with Gasteiger partial charge in [0.15, 0.2) is 0 Å². The molecule has 2 fully saturated rings. The standard InChI is InChI=1S/C13H14ClN3/c1-15-13(9-4-10(14)8-16-7-9)5-11-2-3-12(6-13)17-11/h4,7-8,11-12,17H,2-3,5-6H2. The summed E-state index contributed by atoms with van der Waals surface area (Å²) in [5.74, 6) is 0. The minimum absolute atomic E-state index is 0.408. The first-order valence-electron chi connectivity index (χ1n) is 5.97. The summed E-state index contributed by atoms with van der Waals surface area (Å²) in [5, 5.41) is 4.19. The van der Waals surface area contributed by atoms with E-state index in [0.717, 1.165) is 18.4 Å². The molecule has 17 heavy (non-hydrogen) atoms. The molecule has 0 saturated carbocycles. The van der Waals surface area contributed by atoms with Crippen LogP contribution in [0.15, 0.2) is 18.5 Å². The first-order chi connectivity index (χ1) is 8.22. The van der Waals surface area contributed by atoms with E-state index >= 15 is 0 Å². The summed E-state index contributed by atoms with van der Waals surface area (Å²) in [6.07, 6.45) is 7.57. The average Bonchev–Trinajstić information content (AvgIpc) is 2.69. The molecule has 2 saturated heterocycles. The van der Waals surface area contributed by atoms with Crippen molar-refractivity contribution in [2.24, 2.45) is 0 Å². The molecule has 2 unspecified atom stereocenters. The highest BCUT2D eigenvalue weighted by Crippen LogP contribution is 2.43. The lowest BCUT2D eigenvalue weighted by Gasteiger charge is -2.32. The molecule has 2 aliphatic rings. The van der Waals surface area contributed by atoms with Crippen molar-refractivity contribution in [1.82, 2.24) is 10.3 Å². The molecule has 1 aromatic rings. The molecule has 2 bridgehead atoms. The van der Waals surface area contributed by atoms with Crippen molar-refractivity contribution >= 4 is 11.6 Å². The third kappa shape index (κ3) is 1.82. The first-order valence-corrected chi connectivity index (χ1v) is 6.35. The van der Waals surface area contributed by atoms with Crippen LogP contribution >= 0.6 is 11.6 Å². The lowest BCUT2D eigenvalue weighted by molar-refractivity contribution is 0.295.